The van der Waals surface area contributed by atoms with E-state index in [1.165, 1.54) is 6.42 Å². The van der Waals surface area contributed by atoms with E-state index >= 15 is 0 Å². The SMILES string of the molecule is ClC1=c2cnn(-c3ccccc3)c2=N[C@@H]2CCC[C@@H]12. The summed E-state index contributed by atoms with van der Waals surface area (Å²) in [5.74, 6) is 0.419. The molecule has 0 amide bonds. The first-order chi connectivity index (χ1) is 9.34. The van der Waals surface area contributed by atoms with Crippen molar-refractivity contribution in [2.45, 2.75) is 25.3 Å². The Labute approximate surface area is 116 Å². The number of hydrogen-bond acceptors (Lipinski definition) is 2. The minimum absolute atomic E-state index is 0.346. The first-order valence-corrected chi connectivity index (χ1v) is 7.09. The van der Waals surface area contributed by atoms with E-state index < -0.39 is 0 Å². The number of nitrogens with zero attached hydrogens (tertiary/aromatic N) is 3. The van der Waals surface area contributed by atoms with Crippen LogP contribution in [0.1, 0.15) is 19.3 Å². The summed E-state index contributed by atoms with van der Waals surface area (Å²) in [4.78, 5) is 4.89. The molecule has 2 aromatic rings. The normalized spacial score (nSPS) is 24.8. The van der Waals surface area contributed by atoms with Crippen LogP contribution in [0.25, 0.3) is 10.7 Å². The maximum absolute atomic E-state index is 6.55. The minimum Gasteiger partial charge on any atom is -0.262 e. The molecule has 1 aromatic carbocycles. The van der Waals surface area contributed by atoms with E-state index in [0.717, 1.165) is 34.3 Å². The van der Waals surface area contributed by atoms with E-state index in [1.54, 1.807) is 0 Å². The number of rotatable bonds is 1. The highest BCUT2D eigenvalue weighted by Gasteiger charge is 2.32. The summed E-state index contributed by atoms with van der Waals surface area (Å²) in [6.45, 7) is 0. The van der Waals surface area contributed by atoms with Crippen molar-refractivity contribution in [1.82, 2.24) is 9.78 Å². The van der Waals surface area contributed by atoms with Crippen LogP contribution < -0.4 is 10.7 Å². The van der Waals surface area contributed by atoms with Crippen LogP contribution in [0.3, 0.4) is 0 Å². The van der Waals surface area contributed by atoms with Crippen LogP contribution >= 0.6 is 11.6 Å². The van der Waals surface area contributed by atoms with Crippen molar-refractivity contribution in [2.75, 3.05) is 0 Å². The van der Waals surface area contributed by atoms with E-state index in [0.29, 0.717) is 12.0 Å². The average Bonchev–Trinajstić information content (AvgIpc) is 3.07. The average molecular weight is 272 g/mol. The fourth-order valence-electron chi connectivity index (χ4n) is 3.14. The van der Waals surface area contributed by atoms with Gasteiger partial charge in [0.1, 0.15) is 0 Å². The third kappa shape index (κ3) is 1.65. The molecule has 0 bridgehead atoms. The lowest BCUT2D eigenvalue weighted by Crippen LogP contribution is -2.38. The molecule has 1 aliphatic carbocycles. The zero-order chi connectivity index (χ0) is 12.8. The van der Waals surface area contributed by atoms with Crippen LogP contribution in [0.4, 0.5) is 0 Å². The smallest absolute Gasteiger partial charge is 0.159 e. The number of fused-ring (bicyclic) bond motifs is 2. The van der Waals surface area contributed by atoms with Crippen molar-refractivity contribution in [2.24, 2.45) is 10.9 Å². The molecule has 2 heterocycles. The van der Waals surface area contributed by atoms with Gasteiger partial charge in [0.15, 0.2) is 5.49 Å². The zero-order valence-corrected chi connectivity index (χ0v) is 11.2. The predicted molar refractivity (Wildman–Crippen MR) is 74.7 cm³/mol. The molecule has 1 aromatic heterocycles. The quantitative estimate of drug-likeness (QED) is 0.780. The predicted octanol–water partition coefficient (Wildman–Crippen LogP) is 2.02. The fraction of sp³-hybridized carbons (Fsp3) is 0.333. The topological polar surface area (TPSA) is 30.2 Å². The van der Waals surface area contributed by atoms with Crippen molar-refractivity contribution < 1.29 is 0 Å². The summed E-state index contributed by atoms with van der Waals surface area (Å²) < 4.78 is 1.90. The maximum atomic E-state index is 6.55. The molecule has 0 unspecified atom stereocenters. The summed E-state index contributed by atoms with van der Waals surface area (Å²) in [6.07, 6.45) is 5.37. The Balaban J connectivity index is 1.98. The number of benzene rings is 1. The molecule has 0 spiro atoms. The molecule has 0 radical (unpaired) electrons. The third-order valence-electron chi connectivity index (χ3n) is 4.10. The largest absolute Gasteiger partial charge is 0.262 e. The Hall–Kier alpha value is -1.61. The van der Waals surface area contributed by atoms with Crippen LogP contribution in [-0.4, -0.2) is 15.8 Å². The number of hydrogen-bond donors (Lipinski definition) is 0. The molecule has 96 valence electrons. The van der Waals surface area contributed by atoms with Crippen molar-refractivity contribution >= 4 is 16.6 Å². The van der Waals surface area contributed by atoms with Gasteiger partial charge in [0.2, 0.25) is 0 Å². The second-order valence-electron chi connectivity index (χ2n) is 5.21. The van der Waals surface area contributed by atoms with Crippen LogP contribution in [-0.2, 0) is 0 Å². The van der Waals surface area contributed by atoms with Gasteiger partial charge in [-0.25, -0.2) is 4.68 Å². The van der Waals surface area contributed by atoms with Crippen molar-refractivity contribution in [3.63, 3.8) is 0 Å². The summed E-state index contributed by atoms with van der Waals surface area (Å²) in [5.41, 5.74) is 1.95. The standard InChI is InChI=1S/C15H14ClN3/c16-14-11-7-4-8-13(11)18-15-12(14)9-17-19(15)10-5-2-1-3-6-10/h1-3,5-6,9,11,13H,4,7-8H2/t11-,13-/m1/s1. The second-order valence-corrected chi connectivity index (χ2v) is 5.62. The highest BCUT2D eigenvalue weighted by molar-refractivity contribution is 6.45. The lowest BCUT2D eigenvalue weighted by Gasteiger charge is -2.18. The Morgan fingerprint density at radius 1 is 1.16 bits per heavy atom. The third-order valence-corrected chi connectivity index (χ3v) is 4.58. The van der Waals surface area contributed by atoms with Gasteiger partial charge in [-0.2, -0.15) is 5.10 Å². The lowest BCUT2D eigenvalue weighted by molar-refractivity contribution is 0.569. The first kappa shape index (κ1) is 11.2. The molecule has 4 rings (SSSR count). The summed E-state index contributed by atoms with van der Waals surface area (Å²) >= 11 is 6.55. The van der Waals surface area contributed by atoms with Gasteiger partial charge in [0.05, 0.1) is 23.1 Å². The molecule has 1 fully saturated rings. The van der Waals surface area contributed by atoms with Gasteiger partial charge in [-0.3, -0.25) is 4.99 Å². The monoisotopic (exact) mass is 271 g/mol. The number of halogens is 1. The van der Waals surface area contributed by atoms with Gasteiger partial charge < -0.3 is 0 Å². The van der Waals surface area contributed by atoms with Crippen molar-refractivity contribution in [1.29, 1.82) is 0 Å². The van der Waals surface area contributed by atoms with Gasteiger partial charge in [-0.1, -0.05) is 36.2 Å². The highest BCUT2D eigenvalue weighted by atomic mass is 35.5. The molecule has 0 saturated heterocycles. The molecule has 1 saturated carbocycles. The Kier molecular flexibility index (Phi) is 2.49. The molecule has 19 heavy (non-hydrogen) atoms. The molecule has 1 aliphatic heterocycles. The summed E-state index contributed by atoms with van der Waals surface area (Å²) in [7, 11) is 0. The lowest BCUT2D eigenvalue weighted by atomic mass is 10.0. The number of para-hydroxylation sites is 1. The molecule has 2 atom stereocenters. The van der Waals surface area contributed by atoms with Crippen molar-refractivity contribution in [3.8, 4) is 5.69 Å². The first-order valence-electron chi connectivity index (χ1n) is 6.71. The molecule has 0 N–H and O–H groups in total. The Morgan fingerprint density at radius 3 is 2.84 bits per heavy atom. The second kappa shape index (κ2) is 4.20. The van der Waals surface area contributed by atoms with Crippen LogP contribution in [0, 0.1) is 5.92 Å². The fourth-order valence-corrected chi connectivity index (χ4v) is 3.53. The van der Waals surface area contributed by atoms with Gasteiger partial charge >= 0.3 is 0 Å². The van der Waals surface area contributed by atoms with Crippen LogP contribution in [0.2, 0.25) is 0 Å². The molecule has 4 heteroatoms. The maximum Gasteiger partial charge on any atom is 0.159 e. The van der Waals surface area contributed by atoms with E-state index in [-0.39, 0.29) is 0 Å². The molecular weight excluding hydrogens is 258 g/mol. The minimum atomic E-state index is 0.346. The van der Waals surface area contributed by atoms with Gasteiger partial charge in [0.25, 0.3) is 0 Å². The van der Waals surface area contributed by atoms with Crippen molar-refractivity contribution in [3.05, 3.63) is 47.2 Å². The van der Waals surface area contributed by atoms with E-state index in [4.69, 9.17) is 16.6 Å². The number of aromatic nitrogens is 2. The summed E-state index contributed by atoms with van der Waals surface area (Å²) in [5, 5.41) is 6.42. The molecule has 3 nitrogen and oxygen atoms in total. The van der Waals surface area contributed by atoms with E-state index in [9.17, 15) is 0 Å². The molecule has 2 aliphatic rings. The highest BCUT2D eigenvalue weighted by Crippen LogP contribution is 2.36. The summed E-state index contributed by atoms with van der Waals surface area (Å²) in [6, 6.07) is 10.4. The van der Waals surface area contributed by atoms with Gasteiger partial charge in [-0.05, 0) is 25.0 Å². The van der Waals surface area contributed by atoms with Crippen LogP contribution in [0.5, 0.6) is 0 Å². The molecular formula is C15H14ClN3. The van der Waals surface area contributed by atoms with Gasteiger partial charge in [-0.15, -0.1) is 0 Å². The van der Waals surface area contributed by atoms with Crippen LogP contribution in [0.15, 0.2) is 41.5 Å². The Bertz CT molecular complexity index is 732. The Morgan fingerprint density at radius 2 is 2.00 bits per heavy atom. The van der Waals surface area contributed by atoms with E-state index in [1.807, 2.05) is 41.2 Å². The zero-order valence-electron chi connectivity index (χ0n) is 10.5. The van der Waals surface area contributed by atoms with E-state index in [2.05, 4.69) is 5.10 Å². The van der Waals surface area contributed by atoms with Gasteiger partial charge in [0, 0.05) is 11.0 Å².